The van der Waals surface area contributed by atoms with Crippen molar-refractivity contribution in [3.8, 4) is 11.3 Å². The minimum absolute atomic E-state index is 0.134. The Morgan fingerprint density at radius 1 is 1.33 bits per heavy atom. The average molecular weight is 247 g/mol. The number of H-pyrrole nitrogens is 1. The minimum Gasteiger partial charge on any atom is -0.341 e. The largest absolute Gasteiger partial charge is 0.341 e. The van der Waals surface area contributed by atoms with Gasteiger partial charge in [-0.25, -0.2) is 9.37 Å². The lowest BCUT2D eigenvalue weighted by Gasteiger charge is -2.11. The third kappa shape index (κ3) is 2.76. The number of nitrogens with one attached hydrogen (secondary N) is 1. The van der Waals surface area contributed by atoms with E-state index in [-0.39, 0.29) is 11.9 Å². The Balaban J connectivity index is 2.23. The quantitative estimate of drug-likeness (QED) is 0.871. The summed E-state index contributed by atoms with van der Waals surface area (Å²) >= 11 is 0. The number of aromatic nitrogens is 2. The zero-order valence-corrected chi connectivity index (χ0v) is 10.7. The van der Waals surface area contributed by atoms with Crippen LogP contribution in [0.25, 0.3) is 11.3 Å². The van der Waals surface area contributed by atoms with E-state index in [2.05, 4.69) is 23.8 Å². The van der Waals surface area contributed by atoms with E-state index in [1.807, 2.05) is 0 Å². The van der Waals surface area contributed by atoms with Gasteiger partial charge in [0, 0.05) is 5.56 Å². The van der Waals surface area contributed by atoms with Crippen molar-refractivity contribution in [2.75, 3.05) is 0 Å². The maximum absolute atomic E-state index is 13.6. The number of rotatable bonds is 4. The lowest BCUT2D eigenvalue weighted by Crippen LogP contribution is -2.14. The van der Waals surface area contributed by atoms with Gasteiger partial charge in [0.25, 0.3) is 0 Å². The molecule has 0 amide bonds. The van der Waals surface area contributed by atoms with Gasteiger partial charge in [-0.3, -0.25) is 0 Å². The number of aromatic amines is 1. The molecule has 1 heterocycles. The molecule has 0 radical (unpaired) electrons. The van der Waals surface area contributed by atoms with E-state index in [1.54, 1.807) is 24.4 Å². The van der Waals surface area contributed by atoms with Crippen LogP contribution >= 0.6 is 0 Å². The third-order valence-corrected chi connectivity index (χ3v) is 2.84. The van der Waals surface area contributed by atoms with Gasteiger partial charge < -0.3 is 10.7 Å². The molecule has 1 aromatic heterocycles. The monoisotopic (exact) mass is 247 g/mol. The number of hydrogen-bond donors (Lipinski definition) is 2. The molecule has 0 saturated heterocycles. The zero-order chi connectivity index (χ0) is 13.1. The van der Waals surface area contributed by atoms with Gasteiger partial charge in [0.2, 0.25) is 0 Å². The van der Waals surface area contributed by atoms with Gasteiger partial charge in [0.05, 0.1) is 17.9 Å². The van der Waals surface area contributed by atoms with Gasteiger partial charge in [0.15, 0.2) is 0 Å². The Kier molecular flexibility index (Phi) is 3.77. The molecule has 0 aliphatic carbocycles. The van der Waals surface area contributed by atoms with E-state index in [1.165, 1.54) is 6.07 Å². The molecular formula is C14H18FN3. The Morgan fingerprint density at radius 3 is 2.72 bits per heavy atom. The van der Waals surface area contributed by atoms with Gasteiger partial charge in [-0.1, -0.05) is 26.0 Å². The van der Waals surface area contributed by atoms with E-state index in [4.69, 9.17) is 5.73 Å². The maximum atomic E-state index is 13.6. The fraction of sp³-hybridized carbons (Fsp3) is 0.357. The number of hydrogen-bond acceptors (Lipinski definition) is 2. The van der Waals surface area contributed by atoms with Crippen molar-refractivity contribution >= 4 is 0 Å². The van der Waals surface area contributed by atoms with Crippen LogP contribution in [0.15, 0.2) is 30.5 Å². The predicted molar refractivity (Wildman–Crippen MR) is 70.4 cm³/mol. The predicted octanol–water partition coefficient (Wildman–Crippen LogP) is 3.26. The van der Waals surface area contributed by atoms with Crippen molar-refractivity contribution < 1.29 is 4.39 Å². The summed E-state index contributed by atoms with van der Waals surface area (Å²) in [4.78, 5) is 7.34. The van der Waals surface area contributed by atoms with Crippen LogP contribution in [-0.2, 0) is 0 Å². The molecule has 2 aromatic rings. The second-order valence-electron chi connectivity index (χ2n) is 4.90. The number of nitrogens with zero attached hydrogens (tertiary/aromatic N) is 1. The van der Waals surface area contributed by atoms with Crippen LogP contribution in [0.5, 0.6) is 0 Å². The third-order valence-electron chi connectivity index (χ3n) is 2.84. The molecule has 0 fully saturated rings. The van der Waals surface area contributed by atoms with Crippen LogP contribution in [0.1, 0.15) is 32.1 Å². The standard InChI is InChI=1S/C14H18FN3/c1-9(2)7-12(16)14-17-8-13(18-14)10-5-3-4-6-11(10)15/h3-6,8-9,12H,7,16H2,1-2H3,(H,17,18). The molecule has 96 valence electrons. The van der Waals surface area contributed by atoms with Crippen LogP contribution in [-0.4, -0.2) is 9.97 Å². The highest BCUT2D eigenvalue weighted by atomic mass is 19.1. The first-order valence-corrected chi connectivity index (χ1v) is 6.13. The summed E-state index contributed by atoms with van der Waals surface area (Å²) in [5, 5.41) is 0. The molecule has 4 heteroatoms. The number of benzene rings is 1. The summed E-state index contributed by atoms with van der Waals surface area (Å²) in [6, 6.07) is 6.49. The highest BCUT2D eigenvalue weighted by Gasteiger charge is 2.13. The second-order valence-corrected chi connectivity index (χ2v) is 4.90. The fourth-order valence-corrected chi connectivity index (χ4v) is 1.96. The first kappa shape index (κ1) is 12.8. The van der Waals surface area contributed by atoms with Gasteiger partial charge in [-0.05, 0) is 24.5 Å². The normalized spacial score (nSPS) is 12.9. The number of halogens is 1. The topological polar surface area (TPSA) is 54.7 Å². The van der Waals surface area contributed by atoms with Crippen LogP contribution in [0.4, 0.5) is 4.39 Å². The minimum atomic E-state index is -0.259. The van der Waals surface area contributed by atoms with Crippen molar-refractivity contribution in [3.05, 3.63) is 42.1 Å². The molecule has 1 aromatic carbocycles. The molecule has 0 saturated carbocycles. The van der Waals surface area contributed by atoms with E-state index in [0.717, 1.165) is 6.42 Å². The first-order chi connectivity index (χ1) is 8.58. The Bertz CT molecular complexity index is 519. The lowest BCUT2D eigenvalue weighted by molar-refractivity contribution is 0.496. The van der Waals surface area contributed by atoms with Crippen molar-refractivity contribution in [1.29, 1.82) is 0 Å². The maximum Gasteiger partial charge on any atom is 0.132 e. The Labute approximate surface area is 106 Å². The van der Waals surface area contributed by atoms with Gasteiger partial charge in [-0.15, -0.1) is 0 Å². The molecule has 0 spiro atoms. The number of imidazole rings is 1. The number of nitrogens with two attached hydrogens (primary N) is 1. The van der Waals surface area contributed by atoms with Gasteiger partial charge in [0.1, 0.15) is 11.6 Å². The Morgan fingerprint density at radius 2 is 2.06 bits per heavy atom. The smallest absolute Gasteiger partial charge is 0.132 e. The molecule has 0 bridgehead atoms. The van der Waals surface area contributed by atoms with Crippen LogP contribution in [0.2, 0.25) is 0 Å². The molecule has 1 unspecified atom stereocenters. The average Bonchev–Trinajstić information content (AvgIpc) is 2.78. The first-order valence-electron chi connectivity index (χ1n) is 6.13. The molecule has 2 rings (SSSR count). The zero-order valence-electron chi connectivity index (χ0n) is 10.7. The summed E-state index contributed by atoms with van der Waals surface area (Å²) < 4.78 is 13.6. The van der Waals surface area contributed by atoms with Crippen LogP contribution in [0.3, 0.4) is 0 Å². The van der Waals surface area contributed by atoms with E-state index in [9.17, 15) is 4.39 Å². The van der Waals surface area contributed by atoms with Gasteiger partial charge >= 0.3 is 0 Å². The van der Waals surface area contributed by atoms with E-state index >= 15 is 0 Å². The Hall–Kier alpha value is -1.68. The van der Waals surface area contributed by atoms with E-state index < -0.39 is 0 Å². The summed E-state index contributed by atoms with van der Waals surface area (Å²) in [5.74, 6) is 0.953. The molecule has 1 atom stereocenters. The second kappa shape index (κ2) is 5.31. The fourth-order valence-electron chi connectivity index (χ4n) is 1.96. The highest BCUT2D eigenvalue weighted by Crippen LogP contribution is 2.23. The molecule has 0 aliphatic rings. The summed E-state index contributed by atoms with van der Waals surface area (Å²) in [5.41, 5.74) is 7.23. The summed E-state index contributed by atoms with van der Waals surface area (Å²) in [7, 11) is 0. The SMILES string of the molecule is CC(C)CC(N)c1ncc(-c2ccccc2F)[nH]1. The summed E-state index contributed by atoms with van der Waals surface area (Å²) in [6.45, 7) is 4.22. The van der Waals surface area contributed by atoms with Gasteiger partial charge in [-0.2, -0.15) is 0 Å². The van der Waals surface area contributed by atoms with Crippen LogP contribution < -0.4 is 5.73 Å². The molecule has 18 heavy (non-hydrogen) atoms. The molecule has 0 aliphatic heterocycles. The lowest BCUT2D eigenvalue weighted by atomic mass is 10.0. The molecular weight excluding hydrogens is 229 g/mol. The van der Waals surface area contributed by atoms with Crippen molar-refractivity contribution in [3.63, 3.8) is 0 Å². The van der Waals surface area contributed by atoms with Crippen molar-refractivity contribution in [2.24, 2.45) is 11.7 Å². The highest BCUT2D eigenvalue weighted by molar-refractivity contribution is 5.59. The molecule has 3 N–H and O–H groups in total. The summed E-state index contributed by atoms with van der Waals surface area (Å²) in [6.07, 6.45) is 2.48. The van der Waals surface area contributed by atoms with Crippen LogP contribution in [0, 0.1) is 11.7 Å². The van der Waals surface area contributed by atoms with Crippen molar-refractivity contribution in [2.45, 2.75) is 26.3 Å². The molecule has 3 nitrogen and oxygen atoms in total. The van der Waals surface area contributed by atoms with E-state index in [0.29, 0.717) is 23.0 Å². The van der Waals surface area contributed by atoms with Crippen molar-refractivity contribution in [1.82, 2.24) is 9.97 Å².